The van der Waals surface area contributed by atoms with Crippen molar-refractivity contribution in [3.63, 3.8) is 0 Å². The van der Waals surface area contributed by atoms with Crippen molar-refractivity contribution in [2.45, 2.75) is 63.8 Å². The molecule has 0 unspecified atom stereocenters. The molecule has 0 saturated heterocycles. The van der Waals surface area contributed by atoms with Crippen molar-refractivity contribution >= 4 is 16.0 Å². The fourth-order valence-corrected chi connectivity index (χ4v) is 5.15. The van der Waals surface area contributed by atoms with E-state index in [1.807, 2.05) is 0 Å². The summed E-state index contributed by atoms with van der Waals surface area (Å²) in [6.45, 7) is 5.36. The van der Waals surface area contributed by atoms with Gasteiger partial charge in [-0.15, -0.1) is 0 Å². The number of sulfonamides is 1. The summed E-state index contributed by atoms with van der Waals surface area (Å²) in [4.78, 5) is 12.3. The Balaban J connectivity index is 2.38. The Kier molecular flexibility index (Phi) is 5.52. The topological polar surface area (TPSA) is 77.4 Å². The summed E-state index contributed by atoms with van der Waals surface area (Å²) in [6.07, 6.45) is 5.00. The average molecular weight is 342 g/mol. The van der Waals surface area contributed by atoms with Crippen molar-refractivity contribution < 1.29 is 17.9 Å². The highest BCUT2D eigenvalue weighted by molar-refractivity contribution is 7.89. The molecule has 0 bridgehead atoms. The number of nitrogens with zero attached hydrogens (tertiary/aromatic N) is 1. The second-order valence-electron chi connectivity index (χ2n) is 6.12. The number of ether oxygens (including phenoxy) is 1. The van der Waals surface area contributed by atoms with Gasteiger partial charge in [0.2, 0.25) is 10.0 Å². The predicted octanol–water partition coefficient (Wildman–Crippen LogP) is 2.43. The number of carbonyl (C=O) groups is 1. The van der Waals surface area contributed by atoms with Crippen LogP contribution in [0.25, 0.3) is 0 Å². The Bertz CT molecular complexity index is 685. The van der Waals surface area contributed by atoms with E-state index in [2.05, 4.69) is 4.72 Å². The molecule has 0 amide bonds. The molecule has 1 fully saturated rings. The van der Waals surface area contributed by atoms with Crippen LogP contribution in [0, 0.1) is 13.8 Å². The van der Waals surface area contributed by atoms with Gasteiger partial charge in [-0.1, -0.05) is 19.3 Å². The van der Waals surface area contributed by atoms with Gasteiger partial charge in [0.25, 0.3) is 0 Å². The van der Waals surface area contributed by atoms with Gasteiger partial charge in [0.1, 0.15) is 10.6 Å². The number of aromatic nitrogens is 1. The van der Waals surface area contributed by atoms with E-state index in [1.165, 1.54) is 0 Å². The van der Waals surface area contributed by atoms with Crippen molar-refractivity contribution in [2.24, 2.45) is 7.05 Å². The second kappa shape index (κ2) is 7.05. The molecule has 23 heavy (non-hydrogen) atoms. The lowest BCUT2D eigenvalue weighted by molar-refractivity contribution is 0.0514. The molecule has 0 spiro atoms. The van der Waals surface area contributed by atoms with Crippen molar-refractivity contribution in [2.75, 3.05) is 6.61 Å². The van der Waals surface area contributed by atoms with Crippen LogP contribution in [0.4, 0.5) is 0 Å². The maximum absolute atomic E-state index is 12.8. The first-order chi connectivity index (χ1) is 10.8. The largest absolute Gasteiger partial charge is 0.461 e. The molecule has 0 aromatic carbocycles. The van der Waals surface area contributed by atoms with Gasteiger partial charge < -0.3 is 9.30 Å². The molecule has 1 aromatic heterocycles. The van der Waals surface area contributed by atoms with Crippen LogP contribution in [0.2, 0.25) is 0 Å². The number of carbonyl (C=O) groups excluding carboxylic acids is 1. The lowest BCUT2D eigenvalue weighted by Crippen LogP contribution is -2.36. The summed E-state index contributed by atoms with van der Waals surface area (Å²) >= 11 is 0. The van der Waals surface area contributed by atoms with Gasteiger partial charge in [-0.05, 0) is 33.6 Å². The van der Waals surface area contributed by atoms with E-state index < -0.39 is 16.0 Å². The first-order valence-electron chi connectivity index (χ1n) is 8.15. The van der Waals surface area contributed by atoms with Gasteiger partial charge in [0, 0.05) is 24.3 Å². The maximum atomic E-state index is 12.8. The van der Waals surface area contributed by atoms with Gasteiger partial charge >= 0.3 is 5.97 Å². The normalized spacial score (nSPS) is 16.5. The summed E-state index contributed by atoms with van der Waals surface area (Å²) < 4.78 is 35.1. The van der Waals surface area contributed by atoms with Crippen LogP contribution < -0.4 is 4.72 Å². The number of hydrogen-bond donors (Lipinski definition) is 1. The van der Waals surface area contributed by atoms with Crippen LogP contribution in [0.1, 0.15) is 60.8 Å². The Labute approximate surface area is 138 Å². The maximum Gasteiger partial charge on any atom is 0.355 e. The van der Waals surface area contributed by atoms with E-state index in [0.29, 0.717) is 17.0 Å². The summed E-state index contributed by atoms with van der Waals surface area (Å²) in [6, 6.07) is -0.0150. The van der Waals surface area contributed by atoms with E-state index in [4.69, 9.17) is 4.74 Å². The molecule has 1 aromatic rings. The number of esters is 1. The van der Waals surface area contributed by atoms with Crippen molar-refractivity contribution in [3.05, 3.63) is 17.0 Å². The quantitative estimate of drug-likeness (QED) is 0.834. The minimum absolute atomic E-state index is 0.0150. The molecule has 0 radical (unpaired) electrons. The van der Waals surface area contributed by atoms with Gasteiger partial charge in [0.05, 0.1) is 6.61 Å². The molecule has 7 heteroatoms. The van der Waals surface area contributed by atoms with Gasteiger partial charge in [-0.3, -0.25) is 0 Å². The molecule has 2 rings (SSSR count). The van der Waals surface area contributed by atoms with E-state index in [9.17, 15) is 13.2 Å². The Morgan fingerprint density at radius 1 is 1.26 bits per heavy atom. The van der Waals surface area contributed by atoms with Crippen LogP contribution in [0.5, 0.6) is 0 Å². The number of rotatable bonds is 5. The van der Waals surface area contributed by atoms with Crippen molar-refractivity contribution in [3.8, 4) is 0 Å². The zero-order valence-electron chi connectivity index (χ0n) is 14.3. The standard InChI is InChI=1S/C16H26N2O4S/c1-5-22-16(19)14-11(2)15(12(3)18(14)4)23(20,21)17-13-9-7-6-8-10-13/h13,17H,5-10H2,1-4H3. The Hall–Kier alpha value is -1.34. The minimum atomic E-state index is -3.65. The van der Waals surface area contributed by atoms with Crippen LogP contribution in [0.3, 0.4) is 0 Å². The predicted molar refractivity (Wildman–Crippen MR) is 88.0 cm³/mol. The highest BCUT2D eigenvalue weighted by Crippen LogP contribution is 2.28. The molecule has 1 aliphatic carbocycles. The Morgan fingerprint density at radius 3 is 2.43 bits per heavy atom. The molecular weight excluding hydrogens is 316 g/mol. The minimum Gasteiger partial charge on any atom is -0.461 e. The van der Waals surface area contributed by atoms with E-state index in [1.54, 1.807) is 32.4 Å². The van der Waals surface area contributed by atoms with E-state index in [0.717, 1.165) is 32.1 Å². The van der Waals surface area contributed by atoms with E-state index in [-0.39, 0.29) is 17.5 Å². The Morgan fingerprint density at radius 2 is 1.87 bits per heavy atom. The summed E-state index contributed by atoms with van der Waals surface area (Å²) in [5, 5.41) is 0. The smallest absolute Gasteiger partial charge is 0.355 e. The summed E-state index contributed by atoms with van der Waals surface area (Å²) in [5.41, 5.74) is 1.30. The van der Waals surface area contributed by atoms with Gasteiger partial charge in [-0.25, -0.2) is 17.9 Å². The molecule has 1 aliphatic rings. The summed E-state index contributed by atoms with van der Waals surface area (Å²) in [7, 11) is -1.96. The van der Waals surface area contributed by atoms with Crippen LogP contribution >= 0.6 is 0 Å². The summed E-state index contributed by atoms with van der Waals surface area (Å²) in [5.74, 6) is -0.491. The molecule has 1 N–H and O–H groups in total. The lowest BCUT2D eigenvalue weighted by Gasteiger charge is -2.22. The fourth-order valence-electron chi connectivity index (χ4n) is 3.33. The molecule has 1 heterocycles. The molecule has 0 aliphatic heterocycles. The third-order valence-electron chi connectivity index (χ3n) is 4.53. The van der Waals surface area contributed by atoms with Gasteiger partial charge in [-0.2, -0.15) is 0 Å². The zero-order valence-corrected chi connectivity index (χ0v) is 15.1. The SMILES string of the molecule is CCOC(=O)c1c(C)c(S(=O)(=O)NC2CCCCC2)c(C)n1C. The van der Waals surface area contributed by atoms with Gasteiger partial charge in [0.15, 0.2) is 0 Å². The number of nitrogens with one attached hydrogen (secondary N) is 1. The molecular formula is C16H26N2O4S. The van der Waals surface area contributed by atoms with Crippen molar-refractivity contribution in [1.82, 2.24) is 9.29 Å². The molecule has 6 nitrogen and oxygen atoms in total. The van der Waals surface area contributed by atoms with Crippen molar-refractivity contribution in [1.29, 1.82) is 0 Å². The van der Waals surface area contributed by atoms with Crippen LogP contribution in [-0.4, -0.2) is 31.6 Å². The molecule has 130 valence electrons. The first-order valence-corrected chi connectivity index (χ1v) is 9.63. The third kappa shape index (κ3) is 3.61. The highest BCUT2D eigenvalue weighted by atomic mass is 32.2. The van der Waals surface area contributed by atoms with E-state index >= 15 is 0 Å². The van der Waals surface area contributed by atoms with Crippen LogP contribution in [-0.2, 0) is 21.8 Å². The monoisotopic (exact) mass is 342 g/mol. The molecule has 1 saturated carbocycles. The highest BCUT2D eigenvalue weighted by Gasteiger charge is 2.31. The molecule has 0 atom stereocenters. The zero-order chi connectivity index (χ0) is 17.2. The first kappa shape index (κ1) is 18.0. The van der Waals surface area contributed by atoms with Crippen LogP contribution in [0.15, 0.2) is 4.90 Å². The second-order valence-corrected chi connectivity index (χ2v) is 7.77. The average Bonchev–Trinajstić information content (AvgIpc) is 2.70. The number of hydrogen-bond acceptors (Lipinski definition) is 4. The lowest BCUT2D eigenvalue weighted by atomic mass is 9.96. The third-order valence-corrected chi connectivity index (χ3v) is 6.31. The fraction of sp³-hybridized carbons (Fsp3) is 0.688.